The lowest BCUT2D eigenvalue weighted by Gasteiger charge is -2.05. The summed E-state index contributed by atoms with van der Waals surface area (Å²) in [4.78, 5) is 0. The molecule has 1 aromatic carbocycles. The molecule has 0 saturated carbocycles. The maximum absolute atomic E-state index is 9.43. The lowest BCUT2D eigenvalue weighted by molar-refractivity contribution is 0.318. The monoisotopic (exact) mass is 210 g/mol. The fourth-order valence-electron chi connectivity index (χ4n) is 1.09. The molecule has 0 aliphatic rings. The van der Waals surface area contributed by atoms with Crippen LogP contribution in [-0.4, -0.2) is 17.5 Å². The van der Waals surface area contributed by atoms with Gasteiger partial charge in [-0.2, -0.15) is 12.6 Å². The van der Waals surface area contributed by atoms with Crippen LogP contribution in [0.1, 0.15) is 12.5 Å². The van der Waals surface area contributed by atoms with Gasteiger partial charge in [-0.05, 0) is 24.6 Å². The highest BCUT2D eigenvalue weighted by molar-refractivity contribution is 7.80. The summed E-state index contributed by atoms with van der Waals surface area (Å²) in [5, 5.41) is 9.43. The molecule has 0 aromatic heterocycles. The second-order valence-electron chi connectivity index (χ2n) is 2.75. The van der Waals surface area contributed by atoms with E-state index in [1.165, 1.54) is 0 Å². The van der Waals surface area contributed by atoms with Gasteiger partial charge in [-0.1, -0.05) is 18.2 Å². The number of phenols is 1. The predicted molar refractivity (Wildman–Crippen MR) is 62.2 cm³/mol. The Morgan fingerprint density at radius 2 is 2.29 bits per heavy atom. The van der Waals surface area contributed by atoms with E-state index in [4.69, 9.17) is 4.74 Å². The smallest absolute Gasteiger partial charge is 0.161 e. The molecule has 14 heavy (non-hydrogen) atoms. The third kappa shape index (κ3) is 3.00. The van der Waals surface area contributed by atoms with Gasteiger partial charge in [0.25, 0.3) is 0 Å². The standard InChI is InChI=1S/C11H14O2S/c1-2-13-11-8-9(4-3-7-14)5-6-10(11)12/h3-6,8,12,14H,2,7H2,1H3. The van der Waals surface area contributed by atoms with Crippen molar-refractivity contribution in [1.82, 2.24) is 0 Å². The van der Waals surface area contributed by atoms with Crippen molar-refractivity contribution in [3.05, 3.63) is 29.8 Å². The minimum Gasteiger partial charge on any atom is -0.504 e. The third-order valence-corrected chi connectivity index (χ3v) is 1.91. The molecule has 0 aliphatic carbocycles. The fourth-order valence-corrected chi connectivity index (χ4v) is 1.20. The quantitative estimate of drug-likeness (QED) is 0.748. The average Bonchev–Trinajstić information content (AvgIpc) is 2.19. The van der Waals surface area contributed by atoms with Gasteiger partial charge >= 0.3 is 0 Å². The van der Waals surface area contributed by atoms with E-state index in [-0.39, 0.29) is 5.75 Å². The van der Waals surface area contributed by atoms with Gasteiger partial charge in [0.2, 0.25) is 0 Å². The lowest BCUT2D eigenvalue weighted by atomic mass is 10.2. The van der Waals surface area contributed by atoms with E-state index in [1.54, 1.807) is 12.1 Å². The number of thiol groups is 1. The molecule has 0 atom stereocenters. The minimum absolute atomic E-state index is 0.176. The molecule has 0 unspecified atom stereocenters. The first kappa shape index (κ1) is 11.0. The summed E-state index contributed by atoms with van der Waals surface area (Å²) in [7, 11) is 0. The molecule has 1 N–H and O–H groups in total. The van der Waals surface area contributed by atoms with Crippen LogP contribution in [0, 0.1) is 0 Å². The summed E-state index contributed by atoms with van der Waals surface area (Å²) in [6, 6.07) is 5.26. The first-order chi connectivity index (χ1) is 6.77. The van der Waals surface area contributed by atoms with E-state index in [2.05, 4.69) is 12.6 Å². The number of phenolic OH excluding ortho intramolecular Hbond substituents is 1. The van der Waals surface area contributed by atoms with Crippen molar-refractivity contribution in [2.75, 3.05) is 12.4 Å². The first-order valence-corrected chi connectivity index (χ1v) is 5.14. The zero-order valence-electron chi connectivity index (χ0n) is 8.10. The molecular weight excluding hydrogens is 196 g/mol. The van der Waals surface area contributed by atoms with Crippen molar-refractivity contribution in [2.24, 2.45) is 0 Å². The molecule has 0 saturated heterocycles. The van der Waals surface area contributed by atoms with Gasteiger partial charge in [0.15, 0.2) is 11.5 Å². The van der Waals surface area contributed by atoms with Crippen molar-refractivity contribution in [1.29, 1.82) is 0 Å². The average molecular weight is 210 g/mol. The number of benzene rings is 1. The molecule has 3 heteroatoms. The fraction of sp³-hybridized carbons (Fsp3) is 0.273. The van der Waals surface area contributed by atoms with Crippen molar-refractivity contribution in [3.63, 3.8) is 0 Å². The molecule has 1 rings (SSSR count). The second-order valence-corrected chi connectivity index (χ2v) is 3.11. The van der Waals surface area contributed by atoms with Crippen LogP contribution in [0.25, 0.3) is 6.08 Å². The van der Waals surface area contributed by atoms with E-state index in [0.29, 0.717) is 18.1 Å². The largest absolute Gasteiger partial charge is 0.504 e. The Hall–Kier alpha value is -1.09. The molecule has 2 nitrogen and oxygen atoms in total. The van der Waals surface area contributed by atoms with Crippen LogP contribution >= 0.6 is 12.6 Å². The number of hydrogen-bond acceptors (Lipinski definition) is 3. The van der Waals surface area contributed by atoms with Crippen LogP contribution in [0.5, 0.6) is 11.5 Å². The normalized spacial score (nSPS) is 10.7. The van der Waals surface area contributed by atoms with Gasteiger partial charge in [-0.15, -0.1) is 0 Å². The predicted octanol–water partition coefficient (Wildman–Crippen LogP) is 2.73. The molecule has 1 aromatic rings. The highest BCUT2D eigenvalue weighted by atomic mass is 32.1. The number of rotatable bonds is 4. The Morgan fingerprint density at radius 1 is 1.50 bits per heavy atom. The summed E-state index contributed by atoms with van der Waals surface area (Å²) in [5.41, 5.74) is 1.00. The van der Waals surface area contributed by atoms with Crippen molar-refractivity contribution in [3.8, 4) is 11.5 Å². The van der Waals surface area contributed by atoms with Crippen LogP contribution in [-0.2, 0) is 0 Å². The lowest BCUT2D eigenvalue weighted by Crippen LogP contribution is -1.91. The van der Waals surface area contributed by atoms with E-state index >= 15 is 0 Å². The zero-order valence-corrected chi connectivity index (χ0v) is 9.00. The second kappa shape index (κ2) is 5.60. The minimum atomic E-state index is 0.176. The summed E-state index contributed by atoms with van der Waals surface area (Å²) >= 11 is 4.07. The zero-order chi connectivity index (χ0) is 10.4. The molecule has 0 fully saturated rings. The number of aromatic hydroxyl groups is 1. The van der Waals surface area contributed by atoms with E-state index in [9.17, 15) is 5.11 Å². The molecule has 0 radical (unpaired) electrons. The third-order valence-electron chi connectivity index (χ3n) is 1.70. The Labute approximate surface area is 89.6 Å². The molecular formula is C11H14O2S. The van der Waals surface area contributed by atoms with Gasteiger partial charge in [-0.3, -0.25) is 0 Å². The van der Waals surface area contributed by atoms with Gasteiger partial charge in [0, 0.05) is 5.75 Å². The number of ether oxygens (including phenoxy) is 1. The van der Waals surface area contributed by atoms with Crippen LogP contribution in [0.2, 0.25) is 0 Å². The van der Waals surface area contributed by atoms with Gasteiger partial charge < -0.3 is 9.84 Å². The van der Waals surface area contributed by atoms with Crippen LogP contribution in [0.3, 0.4) is 0 Å². The SMILES string of the molecule is CCOc1cc(C=CCS)ccc1O. The summed E-state index contributed by atoms with van der Waals surface area (Å²) < 4.78 is 5.25. The van der Waals surface area contributed by atoms with E-state index in [1.807, 2.05) is 25.1 Å². The van der Waals surface area contributed by atoms with Crippen molar-refractivity contribution < 1.29 is 9.84 Å². The highest BCUT2D eigenvalue weighted by Crippen LogP contribution is 2.27. The van der Waals surface area contributed by atoms with Crippen LogP contribution < -0.4 is 4.74 Å². The maximum Gasteiger partial charge on any atom is 0.161 e. The van der Waals surface area contributed by atoms with E-state index < -0.39 is 0 Å². The topological polar surface area (TPSA) is 29.5 Å². The van der Waals surface area contributed by atoms with E-state index in [0.717, 1.165) is 5.56 Å². The van der Waals surface area contributed by atoms with Gasteiger partial charge in [0.1, 0.15) is 0 Å². The van der Waals surface area contributed by atoms with Crippen LogP contribution in [0.4, 0.5) is 0 Å². The Kier molecular flexibility index (Phi) is 4.40. The summed E-state index contributed by atoms with van der Waals surface area (Å²) in [6.07, 6.45) is 3.88. The summed E-state index contributed by atoms with van der Waals surface area (Å²) in [5.74, 6) is 1.40. The summed E-state index contributed by atoms with van der Waals surface area (Å²) in [6.45, 7) is 2.43. The Bertz CT molecular complexity index is 321. The first-order valence-electron chi connectivity index (χ1n) is 4.51. The molecule has 0 spiro atoms. The highest BCUT2D eigenvalue weighted by Gasteiger charge is 2.00. The molecule has 0 bridgehead atoms. The molecule has 0 amide bonds. The molecule has 0 aliphatic heterocycles. The van der Waals surface area contributed by atoms with Gasteiger partial charge in [0.05, 0.1) is 6.61 Å². The van der Waals surface area contributed by atoms with Crippen molar-refractivity contribution in [2.45, 2.75) is 6.92 Å². The number of hydrogen-bond donors (Lipinski definition) is 2. The Balaban J connectivity index is 2.88. The van der Waals surface area contributed by atoms with Gasteiger partial charge in [-0.25, -0.2) is 0 Å². The molecule has 76 valence electrons. The van der Waals surface area contributed by atoms with Crippen molar-refractivity contribution >= 4 is 18.7 Å². The Morgan fingerprint density at radius 3 is 2.93 bits per heavy atom. The maximum atomic E-state index is 9.43. The molecule has 0 heterocycles. The van der Waals surface area contributed by atoms with Crippen LogP contribution in [0.15, 0.2) is 24.3 Å².